The van der Waals surface area contributed by atoms with Crippen LogP contribution in [0.3, 0.4) is 0 Å². The maximum Gasteiger partial charge on any atom is 0.326 e. The quantitative estimate of drug-likeness (QED) is 0.852. The Kier molecular flexibility index (Phi) is 4.30. The van der Waals surface area contributed by atoms with Crippen molar-refractivity contribution < 1.29 is 23.9 Å². The van der Waals surface area contributed by atoms with Gasteiger partial charge in [0.05, 0.1) is 6.26 Å². The molecule has 0 radical (unpaired) electrons. The van der Waals surface area contributed by atoms with Crippen LogP contribution in [0, 0.1) is 5.92 Å². The molecule has 1 saturated heterocycles. The first-order valence-electron chi connectivity index (χ1n) is 6.79. The highest BCUT2D eigenvalue weighted by atomic mass is 16.4. The average Bonchev–Trinajstić information content (AvgIpc) is 3.06. The minimum absolute atomic E-state index is 0.0978. The third-order valence-electron chi connectivity index (χ3n) is 3.70. The summed E-state index contributed by atoms with van der Waals surface area (Å²) in [7, 11) is 0. The molecule has 0 aromatic carbocycles. The molecule has 2 rings (SSSR count). The minimum atomic E-state index is -1.02. The van der Waals surface area contributed by atoms with Crippen molar-refractivity contribution >= 4 is 17.8 Å². The Morgan fingerprint density at radius 2 is 2.19 bits per heavy atom. The summed E-state index contributed by atoms with van der Waals surface area (Å²) in [6, 6.07) is 1.42. The van der Waals surface area contributed by atoms with Crippen LogP contribution >= 0.6 is 0 Å². The van der Waals surface area contributed by atoms with Crippen molar-refractivity contribution in [2.75, 3.05) is 6.54 Å². The van der Waals surface area contributed by atoms with Gasteiger partial charge in [0, 0.05) is 6.54 Å². The molecule has 7 heteroatoms. The van der Waals surface area contributed by atoms with Crippen molar-refractivity contribution in [3.05, 3.63) is 24.2 Å². The second-order valence-corrected chi connectivity index (χ2v) is 5.25. The zero-order valence-electron chi connectivity index (χ0n) is 11.9. The molecular weight excluding hydrogens is 276 g/mol. The molecular formula is C14H18N2O5. The predicted molar refractivity (Wildman–Crippen MR) is 72.6 cm³/mol. The van der Waals surface area contributed by atoms with E-state index in [2.05, 4.69) is 5.32 Å². The molecule has 7 nitrogen and oxygen atoms in total. The Balaban J connectivity index is 2.02. The van der Waals surface area contributed by atoms with Crippen molar-refractivity contribution in [3.8, 4) is 0 Å². The second-order valence-electron chi connectivity index (χ2n) is 5.25. The lowest BCUT2D eigenvalue weighted by Gasteiger charge is -2.26. The molecule has 3 atom stereocenters. The highest BCUT2D eigenvalue weighted by Crippen LogP contribution is 2.24. The van der Waals surface area contributed by atoms with Crippen molar-refractivity contribution in [2.24, 2.45) is 5.92 Å². The Morgan fingerprint density at radius 3 is 2.76 bits per heavy atom. The fourth-order valence-corrected chi connectivity index (χ4v) is 2.56. The van der Waals surface area contributed by atoms with Gasteiger partial charge in [-0.25, -0.2) is 4.79 Å². The number of carboxylic acids is 1. The maximum absolute atomic E-state index is 12.3. The third-order valence-corrected chi connectivity index (χ3v) is 3.70. The third kappa shape index (κ3) is 3.07. The molecule has 1 aromatic rings. The molecule has 0 saturated carbocycles. The first kappa shape index (κ1) is 15.1. The number of carboxylic acid groups (broad SMARTS) is 1. The topological polar surface area (TPSA) is 99.9 Å². The summed E-state index contributed by atoms with van der Waals surface area (Å²) in [5, 5.41) is 11.7. The minimum Gasteiger partial charge on any atom is -0.480 e. The summed E-state index contributed by atoms with van der Waals surface area (Å²) >= 11 is 0. The Bertz CT molecular complexity index is 540. The first-order valence-corrected chi connectivity index (χ1v) is 6.79. The van der Waals surface area contributed by atoms with Crippen molar-refractivity contribution in [1.82, 2.24) is 10.2 Å². The number of amides is 2. The van der Waals surface area contributed by atoms with Crippen LogP contribution < -0.4 is 5.32 Å². The number of rotatable bonds is 4. The number of carbonyl (C=O) groups excluding carboxylic acids is 2. The zero-order chi connectivity index (χ0) is 15.6. The van der Waals surface area contributed by atoms with Crippen molar-refractivity contribution in [1.29, 1.82) is 0 Å². The van der Waals surface area contributed by atoms with E-state index >= 15 is 0 Å². The number of hydrogen-bond donors (Lipinski definition) is 2. The molecule has 0 aliphatic carbocycles. The Hall–Kier alpha value is -2.31. The van der Waals surface area contributed by atoms with Crippen molar-refractivity contribution in [2.45, 2.75) is 32.4 Å². The van der Waals surface area contributed by atoms with E-state index in [0.29, 0.717) is 13.0 Å². The lowest BCUT2D eigenvalue weighted by atomic mass is 10.0. The molecule has 114 valence electrons. The van der Waals surface area contributed by atoms with Crippen LogP contribution in [-0.2, 0) is 9.59 Å². The summed E-state index contributed by atoms with van der Waals surface area (Å²) in [5.74, 6) is -1.90. The van der Waals surface area contributed by atoms with Gasteiger partial charge in [-0.2, -0.15) is 0 Å². The van der Waals surface area contributed by atoms with E-state index < -0.39 is 29.9 Å². The summed E-state index contributed by atoms with van der Waals surface area (Å²) in [6.07, 6.45) is 2.01. The molecule has 1 fully saturated rings. The molecule has 21 heavy (non-hydrogen) atoms. The fourth-order valence-electron chi connectivity index (χ4n) is 2.56. The van der Waals surface area contributed by atoms with Crippen LogP contribution in [0.1, 0.15) is 30.8 Å². The van der Waals surface area contributed by atoms with Crippen LogP contribution in [0.5, 0.6) is 0 Å². The molecule has 1 aromatic heterocycles. The van der Waals surface area contributed by atoms with E-state index in [1.165, 1.54) is 24.2 Å². The number of furan rings is 1. The number of likely N-dealkylation sites (tertiary alicyclic amines) is 1. The molecule has 3 unspecified atom stereocenters. The zero-order valence-corrected chi connectivity index (χ0v) is 11.9. The van der Waals surface area contributed by atoms with Gasteiger partial charge in [0.25, 0.3) is 5.91 Å². The lowest BCUT2D eigenvalue weighted by Crippen LogP contribution is -2.51. The monoisotopic (exact) mass is 294 g/mol. The molecule has 1 aliphatic rings. The van der Waals surface area contributed by atoms with Gasteiger partial charge < -0.3 is 19.7 Å². The van der Waals surface area contributed by atoms with E-state index in [0.717, 1.165) is 0 Å². The molecule has 2 amide bonds. The van der Waals surface area contributed by atoms with Crippen molar-refractivity contribution in [3.63, 3.8) is 0 Å². The summed E-state index contributed by atoms with van der Waals surface area (Å²) < 4.78 is 4.95. The van der Waals surface area contributed by atoms with Gasteiger partial charge in [-0.1, -0.05) is 6.92 Å². The van der Waals surface area contributed by atoms with Crippen LogP contribution in [0.2, 0.25) is 0 Å². The smallest absolute Gasteiger partial charge is 0.326 e. The lowest BCUT2D eigenvalue weighted by molar-refractivity contribution is -0.149. The van der Waals surface area contributed by atoms with Gasteiger partial charge in [-0.3, -0.25) is 9.59 Å². The van der Waals surface area contributed by atoms with Gasteiger partial charge in [0.1, 0.15) is 12.1 Å². The molecule has 2 heterocycles. The number of hydrogen-bond acceptors (Lipinski definition) is 4. The van der Waals surface area contributed by atoms with E-state index in [1.807, 2.05) is 0 Å². The standard InChI is InChI=1S/C14H18N2O5/c1-8-5-6-16(11(8)14(19)20)13(18)9(2)15-12(17)10-4-3-7-21-10/h3-4,7-9,11H,5-6H2,1-2H3,(H,15,17)(H,19,20). The van der Waals surface area contributed by atoms with Crippen LogP contribution in [0.15, 0.2) is 22.8 Å². The Morgan fingerprint density at radius 1 is 1.48 bits per heavy atom. The Labute approximate surface area is 121 Å². The van der Waals surface area contributed by atoms with Crippen LogP contribution in [0.25, 0.3) is 0 Å². The van der Waals surface area contributed by atoms with Crippen LogP contribution in [-0.4, -0.2) is 46.4 Å². The number of carbonyl (C=O) groups is 3. The highest BCUT2D eigenvalue weighted by Gasteiger charge is 2.41. The van der Waals surface area contributed by atoms with E-state index in [4.69, 9.17) is 4.42 Å². The summed E-state index contributed by atoms with van der Waals surface area (Å²) in [4.78, 5) is 36.7. The average molecular weight is 294 g/mol. The van der Waals surface area contributed by atoms with Gasteiger partial charge in [0.15, 0.2) is 5.76 Å². The van der Waals surface area contributed by atoms with Gasteiger partial charge in [-0.15, -0.1) is 0 Å². The molecule has 2 N–H and O–H groups in total. The second kappa shape index (κ2) is 5.99. The highest BCUT2D eigenvalue weighted by molar-refractivity contribution is 5.96. The predicted octanol–water partition coefficient (Wildman–Crippen LogP) is 0.720. The van der Waals surface area contributed by atoms with E-state index in [-0.39, 0.29) is 11.7 Å². The number of nitrogens with zero attached hydrogens (tertiary/aromatic N) is 1. The van der Waals surface area contributed by atoms with E-state index in [1.54, 1.807) is 13.0 Å². The van der Waals surface area contributed by atoms with E-state index in [9.17, 15) is 19.5 Å². The molecule has 0 spiro atoms. The van der Waals surface area contributed by atoms with Gasteiger partial charge >= 0.3 is 5.97 Å². The van der Waals surface area contributed by atoms with Gasteiger partial charge in [-0.05, 0) is 31.4 Å². The maximum atomic E-state index is 12.3. The summed E-state index contributed by atoms with van der Waals surface area (Å²) in [5.41, 5.74) is 0. The molecule has 1 aliphatic heterocycles. The fraction of sp³-hybridized carbons (Fsp3) is 0.500. The first-order chi connectivity index (χ1) is 9.91. The normalized spacial score (nSPS) is 22.9. The largest absolute Gasteiger partial charge is 0.480 e. The van der Waals surface area contributed by atoms with Crippen LogP contribution in [0.4, 0.5) is 0 Å². The SMILES string of the molecule is CC(NC(=O)c1ccco1)C(=O)N1CCC(C)C1C(=O)O. The summed E-state index contributed by atoms with van der Waals surface area (Å²) in [6.45, 7) is 3.72. The number of nitrogens with one attached hydrogen (secondary N) is 1. The molecule has 0 bridgehead atoms. The number of aliphatic carboxylic acids is 1. The van der Waals surface area contributed by atoms with Gasteiger partial charge in [0.2, 0.25) is 5.91 Å².